The SMILES string of the molecule is CCOC(=O)C(Sc1nnc(C)n1-c1ccccc1)C(=O)OCC. The first-order valence-electron chi connectivity index (χ1n) is 7.55. The molecule has 0 saturated heterocycles. The van der Waals surface area contributed by atoms with Crippen molar-refractivity contribution in [1.29, 1.82) is 0 Å². The molecule has 24 heavy (non-hydrogen) atoms. The Hall–Kier alpha value is -2.35. The number of ether oxygens (including phenoxy) is 2. The van der Waals surface area contributed by atoms with E-state index in [0.717, 1.165) is 17.4 Å². The number of carbonyl (C=O) groups excluding carboxylic acids is 2. The van der Waals surface area contributed by atoms with Crippen LogP contribution < -0.4 is 0 Å². The first-order chi connectivity index (χ1) is 11.6. The third-order valence-corrected chi connectivity index (χ3v) is 4.13. The molecule has 0 unspecified atom stereocenters. The number of hydrogen-bond acceptors (Lipinski definition) is 7. The summed E-state index contributed by atoms with van der Waals surface area (Å²) >= 11 is 0.967. The highest BCUT2D eigenvalue weighted by atomic mass is 32.2. The van der Waals surface area contributed by atoms with Crippen molar-refractivity contribution >= 4 is 23.7 Å². The van der Waals surface area contributed by atoms with Crippen LogP contribution in [-0.2, 0) is 19.1 Å². The molecule has 1 aromatic heterocycles. The summed E-state index contributed by atoms with van der Waals surface area (Å²) in [5.74, 6) is -0.655. The molecule has 0 aliphatic carbocycles. The molecule has 0 N–H and O–H groups in total. The fourth-order valence-corrected chi connectivity index (χ4v) is 3.00. The number of benzene rings is 1. The second-order valence-electron chi connectivity index (χ2n) is 4.70. The Morgan fingerprint density at radius 1 is 1.08 bits per heavy atom. The number of aromatic nitrogens is 3. The van der Waals surface area contributed by atoms with E-state index in [4.69, 9.17) is 9.47 Å². The number of aryl methyl sites for hydroxylation is 1. The lowest BCUT2D eigenvalue weighted by atomic mass is 10.3. The largest absolute Gasteiger partial charge is 0.465 e. The van der Waals surface area contributed by atoms with Crippen molar-refractivity contribution in [3.8, 4) is 5.69 Å². The zero-order chi connectivity index (χ0) is 17.5. The van der Waals surface area contributed by atoms with Crippen LogP contribution in [0.25, 0.3) is 5.69 Å². The first-order valence-corrected chi connectivity index (χ1v) is 8.43. The lowest BCUT2D eigenvalue weighted by molar-refractivity contribution is -0.152. The van der Waals surface area contributed by atoms with Crippen molar-refractivity contribution in [1.82, 2.24) is 14.8 Å². The van der Waals surface area contributed by atoms with Gasteiger partial charge in [-0.15, -0.1) is 10.2 Å². The van der Waals surface area contributed by atoms with Gasteiger partial charge in [0.2, 0.25) is 5.25 Å². The number of esters is 2. The van der Waals surface area contributed by atoms with Gasteiger partial charge in [0, 0.05) is 5.69 Å². The van der Waals surface area contributed by atoms with E-state index < -0.39 is 17.2 Å². The molecule has 1 aromatic carbocycles. The van der Waals surface area contributed by atoms with E-state index in [1.165, 1.54) is 0 Å². The molecule has 1 heterocycles. The molecular formula is C16H19N3O4S. The predicted octanol–water partition coefficient (Wildman–Crippen LogP) is 2.16. The van der Waals surface area contributed by atoms with Crippen molar-refractivity contribution in [3.63, 3.8) is 0 Å². The fraction of sp³-hybridized carbons (Fsp3) is 0.375. The molecule has 0 aliphatic rings. The molecule has 0 amide bonds. The lowest BCUT2D eigenvalue weighted by Crippen LogP contribution is -2.31. The van der Waals surface area contributed by atoms with Crippen LogP contribution in [0, 0.1) is 6.92 Å². The summed E-state index contributed by atoms with van der Waals surface area (Å²) in [6.45, 7) is 5.52. The molecule has 2 rings (SSSR count). The lowest BCUT2D eigenvalue weighted by Gasteiger charge is -2.14. The van der Waals surface area contributed by atoms with Crippen LogP contribution in [0.4, 0.5) is 0 Å². The molecule has 0 spiro atoms. The second kappa shape index (κ2) is 8.49. The average molecular weight is 349 g/mol. The molecule has 2 aromatic rings. The van der Waals surface area contributed by atoms with E-state index in [1.807, 2.05) is 30.3 Å². The highest BCUT2D eigenvalue weighted by Crippen LogP contribution is 2.27. The molecule has 7 nitrogen and oxygen atoms in total. The maximum atomic E-state index is 12.1. The van der Waals surface area contributed by atoms with E-state index in [0.29, 0.717) is 11.0 Å². The monoisotopic (exact) mass is 349 g/mol. The van der Waals surface area contributed by atoms with Gasteiger partial charge < -0.3 is 9.47 Å². The molecule has 128 valence electrons. The van der Waals surface area contributed by atoms with E-state index in [1.54, 1.807) is 25.3 Å². The van der Waals surface area contributed by atoms with E-state index >= 15 is 0 Å². The minimum atomic E-state index is -1.14. The first kappa shape index (κ1) is 18.0. The van der Waals surface area contributed by atoms with E-state index in [-0.39, 0.29) is 13.2 Å². The molecule has 0 fully saturated rings. The highest BCUT2D eigenvalue weighted by molar-refractivity contribution is 8.01. The van der Waals surface area contributed by atoms with Gasteiger partial charge in [-0.3, -0.25) is 14.2 Å². The standard InChI is InChI=1S/C16H19N3O4S/c1-4-22-14(20)13(15(21)23-5-2)24-16-18-17-11(3)19(16)12-9-7-6-8-10-12/h6-10,13H,4-5H2,1-3H3. The van der Waals surface area contributed by atoms with E-state index in [2.05, 4.69) is 10.2 Å². The second-order valence-corrected chi connectivity index (χ2v) is 5.77. The molecule has 0 saturated carbocycles. The maximum Gasteiger partial charge on any atom is 0.331 e. The quantitative estimate of drug-likeness (QED) is 0.430. The summed E-state index contributed by atoms with van der Waals surface area (Å²) in [5, 5.41) is 7.40. The van der Waals surface area contributed by atoms with Gasteiger partial charge in [0.15, 0.2) is 5.16 Å². The van der Waals surface area contributed by atoms with Crippen LogP contribution in [0.5, 0.6) is 0 Å². The number of hydrogen-bond donors (Lipinski definition) is 0. The number of thioether (sulfide) groups is 1. The summed E-state index contributed by atoms with van der Waals surface area (Å²) in [4.78, 5) is 24.2. The van der Waals surface area contributed by atoms with Gasteiger partial charge in [-0.1, -0.05) is 30.0 Å². The smallest absolute Gasteiger partial charge is 0.331 e. The average Bonchev–Trinajstić information content (AvgIpc) is 2.94. The van der Waals surface area contributed by atoms with Gasteiger partial charge in [-0.2, -0.15) is 0 Å². The maximum absolute atomic E-state index is 12.1. The number of carbonyl (C=O) groups is 2. The Kier molecular flexibility index (Phi) is 6.36. The normalized spacial score (nSPS) is 10.7. The Morgan fingerprint density at radius 3 is 2.21 bits per heavy atom. The van der Waals surface area contributed by atoms with Crippen molar-refractivity contribution < 1.29 is 19.1 Å². The summed E-state index contributed by atoms with van der Waals surface area (Å²) in [5.41, 5.74) is 0.842. The van der Waals surface area contributed by atoms with Gasteiger partial charge in [-0.25, -0.2) is 0 Å². The summed E-state index contributed by atoms with van der Waals surface area (Å²) in [7, 11) is 0. The molecule has 0 radical (unpaired) electrons. The van der Waals surface area contributed by atoms with Gasteiger partial charge >= 0.3 is 11.9 Å². The molecular weight excluding hydrogens is 330 g/mol. The Morgan fingerprint density at radius 2 is 1.67 bits per heavy atom. The van der Waals surface area contributed by atoms with Gasteiger partial charge in [0.05, 0.1) is 13.2 Å². The summed E-state index contributed by atoms with van der Waals surface area (Å²) in [6, 6.07) is 9.46. The summed E-state index contributed by atoms with van der Waals surface area (Å²) in [6.07, 6.45) is 0. The third kappa shape index (κ3) is 4.14. The van der Waals surface area contributed by atoms with Crippen molar-refractivity contribution in [2.75, 3.05) is 13.2 Å². The van der Waals surface area contributed by atoms with Gasteiger partial charge in [-0.05, 0) is 32.9 Å². The predicted molar refractivity (Wildman–Crippen MR) is 89.0 cm³/mol. The Bertz CT molecular complexity index is 685. The van der Waals surface area contributed by atoms with Crippen LogP contribution in [0.3, 0.4) is 0 Å². The summed E-state index contributed by atoms with van der Waals surface area (Å²) < 4.78 is 11.7. The topological polar surface area (TPSA) is 83.3 Å². The minimum Gasteiger partial charge on any atom is -0.465 e. The van der Waals surface area contributed by atoms with Crippen LogP contribution in [-0.4, -0.2) is 45.2 Å². The van der Waals surface area contributed by atoms with Crippen molar-refractivity contribution in [2.45, 2.75) is 31.2 Å². The van der Waals surface area contributed by atoms with E-state index in [9.17, 15) is 9.59 Å². The van der Waals surface area contributed by atoms with Crippen LogP contribution in [0.1, 0.15) is 19.7 Å². The van der Waals surface area contributed by atoms with Gasteiger partial charge in [0.1, 0.15) is 5.82 Å². The van der Waals surface area contributed by atoms with Crippen LogP contribution >= 0.6 is 11.8 Å². The minimum absolute atomic E-state index is 0.180. The molecule has 0 atom stereocenters. The Balaban J connectivity index is 2.33. The van der Waals surface area contributed by atoms with Crippen molar-refractivity contribution in [3.05, 3.63) is 36.2 Å². The number of rotatable bonds is 7. The fourth-order valence-electron chi connectivity index (χ4n) is 2.03. The van der Waals surface area contributed by atoms with Gasteiger partial charge in [0.25, 0.3) is 0 Å². The van der Waals surface area contributed by atoms with Crippen molar-refractivity contribution in [2.24, 2.45) is 0 Å². The third-order valence-electron chi connectivity index (χ3n) is 3.03. The Labute approximate surface area is 144 Å². The number of nitrogens with zero attached hydrogens (tertiary/aromatic N) is 3. The van der Waals surface area contributed by atoms with Crippen LogP contribution in [0.2, 0.25) is 0 Å². The molecule has 8 heteroatoms. The molecule has 0 aliphatic heterocycles. The molecule has 0 bridgehead atoms. The number of para-hydroxylation sites is 1. The zero-order valence-corrected chi connectivity index (χ0v) is 14.6. The van der Waals surface area contributed by atoms with Crippen LogP contribution in [0.15, 0.2) is 35.5 Å². The zero-order valence-electron chi connectivity index (χ0n) is 13.8. The highest BCUT2D eigenvalue weighted by Gasteiger charge is 2.33.